The van der Waals surface area contributed by atoms with Gasteiger partial charge in [-0.3, -0.25) is 19.3 Å². The van der Waals surface area contributed by atoms with Gasteiger partial charge in [-0.1, -0.05) is 0 Å². The number of nitrogens with zero attached hydrogens (tertiary/aromatic N) is 5. The molecule has 2 saturated heterocycles. The third kappa shape index (κ3) is 2.67. The molecule has 0 saturated carbocycles. The van der Waals surface area contributed by atoms with E-state index in [-0.39, 0.29) is 11.6 Å². The Labute approximate surface area is 149 Å². The molecule has 0 bridgehead atoms. The number of aryl methyl sites for hydroxylation is 3. The second kappa shape index (κ2) is 5.93. The maximum atomic E-state index is 13.5. The zero-order chi connectivity index (χ0) is 18.6. The van der Waals surface area contributed by atoms with Gasteiger partial charge in [0, 0.05) is 50.8 Å². The predicted octanol–water partition coefficient (Wildman–Crippen LogP) is 0.468. The number of anilines is 1. The van der Waals surface area contributed by atoms with Gasteiger partial charge >= 0.3 is 0 Å². The van der Waals surface area contributed by atoms with Crippen molar-refractivity contribution >= 4 is 11.9 Å². The van der Waals surface area contributed by atoms with Crippen molar-refractivity contribution in [1.82, 2.24) is 24.6 Å². The van der Waals surface area contributed by atoms with E-state index in [0.717, 1.165) is 5.69 Å². The number of amides is 1. The maximum Gasteiger partial charge on any atom is 0.288 e. The van der Waals surface area contributed by atoms with Crippen LogP contribution in [0, 0.1) is 31.5 Å². The van der Waals surface area contributed by atoms with E-state index in [1.165, 1.54) is 6.92 Å². The molecule has 0 aromatic carbocycles. The van der Waals surface area contributed by atoms with Crippen LogP contribution in [0.25, 0.3) is 0 Å². The van der Waals surface area contributed by atoms with Gasteiger partial charge < -0.3 is 9.80 Å². The van der Waals surface area contributed by atoms with Crippen molar-refractivity contribution in [3.63, 3.8) is 0 Å². The lowest BCUT2D eigenvalue weighted by Crippen LogP contribution is -2.34. The summed E-state index contributed by atoms with van der Waals surface area (Å²) < 4.78 is 15.2. The molecule has 2 aliphatic rings. The van der Waals surface area contributed by atoms with Gasteiger partial charge in [0.2, 0.25) is 11.8 Å². The van der Waals surface area contributed by atoms with Crippen molar-refractivity contribution in [2.75, 3.05) is 31.1 Å². The normalized spacial score (nSPS) is 22.2. The number of carbonyl (C=O) groups is 1. The van der Waals surface area contributed by atoms with E-state index >= 15 is 0 Å². The van der Waals surface area contributed by atoms with Gasteiger partial charge in [0.05, 0.1) is 5.69 Å². The summed E-state index contributed by atoms with van der Waals surface area (Å²) in [6, 6.07) is 1.80. The van der Waals surface area contributed by atoms with Crippen molar-refractivity contribution in [3.8, 4) is 0 Å². The van der Waals surface area contributed by atoms with Crippen molar-refractivity contribution in [2.24, 2.45) is 18.9 Å². The highest BCUT2D eigenvalue weighted by molar-refractivity contribution is 5.92. The summed E-state index contributed by atoms with van der Waals surface area (Å²) in [5, 5.41) is 4.27. The van der Waals surface area contributed by atoms with E-state index in [9.17, 15) is 14.0 Å². The minimum Gasteiger partial charge on any atom is -0.342 e. The Morgan fingerprint density at radius 3 is 2.42 bits per heavy atom. The zero-order valence-electron chi connectivity index (χ0n) is 15.0. The fourth-order valence-corrected chi connectivity index (χ4v) is 3.87. The molecule has 2 atom stereocenters. The Morgan fingerprint density at radius 1 is 1.23 bits per heavy atom. The molecule has 138 valence electrons. The van der Waals surface area contributed by atoms with Crippen molar-refractivity contribution in [2.45, 2.75) is 13.8 Å². The van der Waals surface area contributed by atoms with Crippen molar-refractivity contribution in [3.05, 3.63) is 39.3 Å². The number of H-pyrrole nitrogens is 1. The van der Waals surface area contributed by atoms with Crippen LogP contribution in [0.15, 0.2) is 10.9 Å². The molecular formula is C17H21FN6O2. The fourth-order valence-electron chi connectivity index (χ4n) is 3.87. The second-order valence-electron chi connectivity index (χ2n) is 7.22. The highest BCUT2D eigenvalue weighted by Gasteiger charge is 2.42. The number of halogens is 1. The van der Waals surface area contributed by atoms with E-state index in [1.54, 1.807) is 10.7 Å². The summed E-state index contributed by atoms with van der Waals surface area (Å²) in [7, 11) is 1.82. The monoisotopic (exact) mass is 360 g/mol. The van der Waals surface area contributed by atoms with E-state index in [0.29, 0.717) is 49.7 Å². The highest BCUT2D eigenvalue weighted by atomic mass is 19.1. The Morgan fingerprint density at radius 2 is 1.88 bits per heavy atom. The lowest BCUT2D eigenvalue weighted by atomic mass is 10.0. The van der Waals surface area contributed by atoms with Gasteiger partial charge in [-0.2, -0.15) is 9.49 Å². The summed E-state index contributed by atoms with van der Waals surface area (Å²) in [5.74, 6) is 0.134. The number of carbonyl (C=O) groups excluding carboxylic acids is 1. The molecule has 0 radical (unpaired) electrons. The first-order valence-corrected chi connectivity index (χ1v) is 8.64. The molecule has 2 aromatic heterocycles. The van der Waals surface area contributed by atoms with Gasteiger partial charge in [0.25, 0.3) is 11.5 Å². The molecule has 0 spiro atoms. The average Bonchev–Trinajstić information content (AvgIpc) is 3.25. The first-order chi connectivity index (χ1) is 12.3. The molecule has 1 N–H and O–H groups in total. The standard InChI is InChI=1S/C17H21FN6O2/c1-9-4-13(21-22(9)3)16(26)23-5-11-7-24(8-12(11)6-23)17-19-10(2)14(18)15(25)20-17/h4,11-12H,5-8H2,1-3H3,(H,19,20,25). The van der Waals surface area contributed by atoms with Gasteiger partial charge in [-0.25, -0.2) is 4.98 Å². The Kier molecular flexibility index (Phi) is 3.82. The van der Waals surface area contributed by atoms with Crippen LogP contribution in [0.5, 0.6) is 0 Å². The van der Waals surface area contributed by atoms with Crippen LogP contribution in [0.4, 0.5) is 10.3 Å². The fraction of sp³-hybridized carbons (Fsp3) is 0.529. The van der Waals surface area contributed by atoms with Crippen molar-refractivity contribution < 1.29 is 9.18 Å². The smallest absolute Gasteiger partial charge is 0.288 e. The zero-order valence-corrected chi connectivity index (χ0v) is 15.0. The molecule has 8 nitrogen and oxygen atoms in total. The van der Waals surface area contributed by atoms with E-state index < -0.39 is 11.4 Å². The summed E-state index contributed by atoms with van der Waals surface area (Å²) in [5.41, 5.74) is 0.776. The van der Waals surface area contributed by atoms with Crippen LogP contribution in [-0.4, -0.2) is 56.7 Å². The number of aromatic nitrogens is 4. The van der Waals surface area contributed by atoms with Crippen LogP contribution in [-0.2, 0) is 7.05 Å². The topological polar surface area (TPSA) is 87.1 Å². The molecular weight excluding hydrogens is 339 g/mol. The number of likely N-dealkylation sites (tertiary alicyclic amines) is 1. The predicted molar refractivity (Wildman–Crippen MR) is 92.6 cm³/mol. The van der Waals surface area contributed by atoms with Gasteiger partial charge in [0.1, 0.15) is 0 Å². The van der Waals surface area contributed by atoms with Crippen LogP contribution in [0.1, 0.15) is 21.9 Å². The van der Waals surface area contributed by atoms with E-state index in [4.69, 9.17) is 0 Å². The molecule has 1 amide bonds. The summed E-state index contributed by atoms with van der Waals surface area (Å²) in [4.78, 5) is 34.8. The molecule has 2 fully saturated rings. The first-order valence-electron chi connectivity index (χ1n) is 8.64. The summed E-state index contributed by atoms with van der Waals surface area (Å²) in [6.07, 6.45) is 0. The SMILES string of the molecule is Cc1nc(N2CC3CN(C(=O)c4cc(C)n(C)n4)CC3C2)[nH]c(=O)c1F. The first kappa shape index (κ1) is 16.7. The second-order valence-corrected chi connectivity index (χ2v) is 7.22. The maximum absolute atomic E-state index is 13.5. The highest BCUT2D eigenvalue weighted by Crippen LogP contribution is 2.33. The number of fused-ring (bicyclic) bond motifs is 1. The van der Waals surface area contributed by atoms with E-state index in [2.05, 4.69) is 15.1 Å². The lowest BCUT2D eigenvalue weighted by Gasteiger charge is -2.21. The number of rotatable bonds is 2. The lowest BCUT2D eigenvalue weighted by molar-refractivity contribution is 0.0776. The third-order valence-electron chi connectivity index (χ3n) is 5.42. The molecule has 0 aliphatic carbocycles. The minimum absolute atomic E-state index is 0.0428. The summed E-state index contributed by atoms with van der Waals surface area (Å²) in [6.45, 7) is 6.08. The number of nitrogens with one attached hydrogen (secondary N) is 1. The molecule has 4 rings (SSSR count). The number of aromatic amines is 1. The van der Waals surface area contributed by atoms with Crippen LogP contribution in [0.2, 0.25) is 0 Å². The Balaban J connectivity index is 1.46. The average molecular weight is 360 g/mol. The molecule has 26 heavy (non-hydrogen) atoms. The molecule has 4 heterocycles. The number of hydrogen-bond donors (Lipinski definition) is 1. The largest absolute Gasteiger partial charge is 0.342 e. The van der Waals surface area contributed by atoms with Gasteiger partial charge in [-0.15, -0.1) is 0 Å². The van der Waals surface area contributed by atoms with Gasteiger partial charge in [-0.05, 0) is 19.9 Å². The molecule has 2 aromatic rings. The van der Waals surface area contributed by atoms with Crippen LogP contribution < -0.4 is 10.5 Å². The van der Waals surface area contributed by atoms with Crippen LogP contribution in [0.3, 0.4) is 0 Å². The third-order valence-corrected chi connectivity index (χ3v) is 5.42. The van der Waals surface area contributed by atoms with Crippen LogP contribution >= 0.6 is 0 Å². The quantitative estimate of drug-likeness (QED) is 0.841. The Hall–Kier alpha value is -2.71. The Bertz CT molecular complexity index is 902. The summed E-state index contributed by atoms with van der Waals surface area (Å²) >= 11 is 0. The molecule has 2 unspecified atom stereocenters. The molecule has 2 aliphatic heterocycles. The van der Waals surface area contributed by atoms with E-state index in [1.807, 2.05) is 23.8 Å². The van der Waals surface area contributed by atoms with Gasteiger partial charge in [0.15, 0.2) is 5.69 Å². The number of hydrogen-bond acceptors (Lipinski definition) is 5. The minimum atomic E-state index is -0.837. The van der Waals surface area contributed by atoms with Crippen molar-refractivity contribution in [1.29, 1.82) is 0 Å². The molecule has 9 heteroatoms.